The number of aryl methyl sites for hydroxylation is 2. The van der Waals surface area contributed by atoms with Crippen LogP contribution in [0.4, 0.5) is 0 Å². The number of carboxylic acid groups (broad SMARTS) is 1. The van der Waals surface area contributed by atoms with Crippen molar-refractivity contribution in [1.29, 1.82) is 0 Å². The molecule has 0 aliphatic rings. The van der Waals surface area contributed by atoms with Crippen LogP contribution in [0.15, 0.2) is 20.2 Å². The van der Waals surface area contributed by atoms with Gasteiger partial charge in [-0.15, -0.1) is 11.3 Å². The molecule has 90 valence electrons. The van der Waals surface area contributed by atoms with E-state index in [-0.39, 0.29) is 5.56 Å². The molecule has 0 radical (unpaired) electrons. The van der Waals surface area contributed by atoms with Crippen LogP contribution in [0, 0.1) is 13.8 Å². The van der Waals surface area contributed by atoms with Crippen molar-refractivity contribution in [2.24, 2.45) is 0 Å². The quantitative estimate of drug-likeness (QED) is 0.862. The monoisotopic (exact) mass is 269 g/mol. The Bertz CT molecular complexity index is 545. The standard InChI is InChI=1S/C11H11NO3S2/c1-6-4-16-11(12-6)17-5-8-3-9(10(13)14)7(2)15-8/h3-4H,5H2,1-2H3,(H,13,14). The summed E-state index contributed by atoms with van der Waals surface area (Å²) in [4.78, 5) is 15.1. The molecule has 1 N–H and O–H groups in total. The second kappa shape index (κ2) is 4.93. The number of rotatable bonds is 4. The minimum absolute atomic E-state index is 0.232. The number of hydrogen-bond acceptors (Lipinski definition) is 5. The van der Waals surface area contributed by atoms with Crippen molar-refractivity contribution < 1.29 is 14.3 Å². The number of carboxylic acids is 1. The Kier molecular flexibility index (Phi) is 3.54. The summed E-state index contributed by atoms with van der Waals surface area (Å²) < 4.78 is 6.35. The highest BCUT2D eigenvalue weighted by atomic mass is 32.2. The first-order valence-corrected chi connectivity index (χ1v) is 6.80. The maximum absolute atomic E-state index is 10.8. The average molecular weight is 269 g/mol. The summed E-state index contributed by atoms with van der Waals surface area (Å²) in [5, 5.41) is 10.9. The molecule has 2 heterocycles. The molecule has 4 nitrogen and oxygen atoms in total. The topological polar surface area (TPSA) is 63.3 Å². The van der Waals surface area contributed by atoms with Gasteiger partial charge in [0.2, 0.25) is 0 Å². The van der Waals surface area contributed by atoms with Crippen LogP contribution in [0.5, 0.6) is 0 Å². The van der Waals surface area contributed by atoms with E-state index in [0.717, 1.165) is 10.0 Å². The van der Waals surface area contributed by atoms with E-state index in [1.807, 2.05) is 12.3 Å². The van der Waals surface area contributed by atoms with E-state index in [0.29, 0.717) is 17.3 Å². The zero-order valence-corrected chi connectivity index (χ0v) is 11.0. The lowest BCUT2D eigenvalue weighted by Crippen LogP contribution is -1.94. The molecular weight excluding hydrogens is 258 g/mol. The average Bonchev–Trinajstić information content (AvgIpc) is 2.82. The van der Waals surface area contributed by atoms with E-state index < -0.39 is 5.97 Å². The third-order valence-electron chi connectivity index (χ3n) is 2.14. The van der Waals surface area contributed by atoms with Crippen molar-refractivity contribution in [2.45, 2.75) is 23.9 Å². The number of nitrogens with zero attached hydrogens (tertiary/aromatic N) is 1. The molecule has 0 amide bonds. The maximum Gasteiger partial charge on any atom is 0.339 e. The van der Waals surface area contributed by atoms with E-state index in [9.17, 15) is 4.79 Å². The number of aromatic nitrogens is 1. The second-order valence-corrected chi connectivity index (χ2v) is 5.61. The molecule has 17 heavy (non-hydrogen) atoms. The van der Waals surface area contributed by atoms with Gasteiger partial charge in [-0.05, 0) is 19.9 Å². The van der Waals surface area contributed by atoms with E-state index >= 15 is 0 Å². The first-order chi connectivity index (χ1) is 8.06. The van der Waals surface area contributed by atoms with Crippen molar-refractivity contribution in [3.63, 3.8) is 0 Å². The summed E-state index contributed by atoms with van der Waals surface area (Å²) in [6.07, 6.45) is 0. The van der Waals surface area contributed by atoms with Gasteiger partial charge in [0.1, 0.15) is 17.1 Å². The highest BCUT2D eigenvalue weighted by Gasteiger charge is 2.14. The van der Waals surface area contributed by atoms with Gasteiger partial charge < -0.3 is 9.52 Å². The summed E-state index contributed by atoms with van der Waals surface area (Å²) in [7, 11) is 0. The van der Waals surface area contributed by atoms with E-state index in [2.05, 4.69) is 4.98 Å². The Morgan fingerprint density at radius 2 is 2.35 bits per heavy atom. The number of furan rings is 1. The van der Waals surface area contributed by atoms with Crippen LogP contribution in [-0.4, -0.2) is 16.1 Å². The molecular formula is C11H11NO3S2. The van der Waals surface area contributed by atoms with Gasteiger partial charge in [-0.2, -0.15) is 0 Å². The van der Waals surface area contributed by atoms with Crippen molar-refractivity contribution in [3.8, 4) is 0 Å². The Hall–Kier alpha value is -1.27. The largest absolute Gasteiger partial charge is 0.478 e. The lowest BCUT2D eigenvalue weighted by Gasteiger charge is -1.92. The van der Waals surface area contributed by atoms with Gasteiger partial charge in [0.25, 0.3) is 0 Å². The highest BCUT2D eigenvalue weighted by Crippen LogP contribution is 2.27. The Labute approximate surface area is 107 Å². The van der Waals surface area contributed by atoms with E-state index in [1.54, 1.807) is 36.1 Å². The van der Waals surface area contributed by atoms with Crippen LogP contribution < -0.4 is 0 Å². The predicted octanol–water partition coefficient (Wildman–Crippen LogP) is 3.34. The van der Waals surface area contributed by atoms with Crippen LogP contribution in [-0.2, 0) is 5.75 Å². The van der Waals surface area contributed by atoms with Crippen LogP contribution in [0.1, 0.15) is 27.6 Å². The number of thiazole rings is 1. The third-order valence-corrected chi connectivity index (χ3v) is 4.30. The molecule has 2 aromatic rings. The van der Waals surface area contributed by atoms with E-state index in [4.69, 9.17) is 9.52 Å². The maximum atomic E-state index is 10.8. The number of carbonyl (C=O) groups is 1. The zero-order valence-electron chi connectivity index (χ0n) is 9.39. The zero-order chi connectivity index (χ0) is 12.4. The van der Waals surface area contributed by atoms with Gasteiger partial charge in [-0.1, -0.05) is 11.8 Å². The molecule has 0 aromatic carbocycles. The summed E-state index contributed by atoms with van der Waals surface area (Å²) in [6, 6.07) is 1.57. The van der Waals surface area contributed by atoms with Crippen molar-refractivity contribution in [1.82, 2.24) is 4.98 Å². The lowest BCUT2D eigenvalue weighted by molar-refractivity contribution is 0.0695. The molecule has 0 fully saturated rings. The number of aromatic carboxylic acids is 1. The summed E-state index contributed by atoms with van der Waals surface area (Å²) in [6.45, 7) is 3.60. The summed E-state index contributed by atoms with van der Waals surface area (Å²) >= 11 is 3.13. The molecule has 0 spiro atoms. The minimum Gasteiger partial charge on any atom is -0.478 e. The van der Waals surface area contributed by atoms with Crippen LogP contribution in [0.2, 0.25) is 0 Å². The first-order valence-electron chi connectivity index (χ1n) is 4.94. The molecule has 6 heteroatoms. The van der Waals surface area contributed by atoms with Gasteiger partial charge in [0.15, 0.2) is 4.34 Å². The molecule has 2 aromatic heterocycles. The smallest absolute Gasteiger partial charge is 0.339 e. The fraction of sp³-hybridized carbons (Fsp3) is 0.273. The Balaban J connectivity index is 2.04. The van der Waals surface area contributed by atoms with E-state index in [1.165, 1.54) is 0 Å². The van der Waals surface area contributed by atoms with Gasteiger partial charge in [0.05, 0.1) is 5.75 Å². The SMILES string of the molecule is Cc1csc(SCc2cc(C(=O)O)c(C)o2)n1. The van der Waals surface area contributed by atoms with Gasteiger partial charge in [-0.3, -0.25) is 0 Å². The molecule has 0 aliphatic heterocycles. The summed E-state index contributed by atoms with van der Waals surface area (Å²) in [5.74, 6) is 0.759. The molecule has 0 bridgehead atoms. The molecule has 0 atom stereocenters. The number of hydrogen-bond donors (Lipinski definition) is 1. The molecule has 0 unspecified atom stereocenters. The molecule has 2 rings (SSSR count). The van der Waals surface area contributed by atoms with Gasteiger partial charge in [0, 0.05) is 11.1 Å². The highest BCUT2D eigenvalue weighted by molar-refractivity contribution is 8.00. The van der Waals surface area contributed by atoms with Crippen molar-refractivity contribution >= 4 is 29.1 Å². The molecule has 0 saturated carbocycles. The van der Waals surface area contributed by atoms with Crippen LogP contribution in [0.3, 0.4) is 0 Å². The number of thioether (sulfide) groups is 1. The molecule has 0 saturated heterocycles. The van der Waals surface area contributed by atoms with Crippen molar-refractivity contribution in [2.75, 3.05) is 0 Å². The lowest BCUT2D eigenvalue weighted by atomic mass is 10.2. The Morgan fingerprint density at radius 1 is 1.59 bits per heavy atom. The summed E-state index contributed by atoms with van der Waals surface area (Å²) in [5.41, 5.74) is 1.23. The predicted molar refractivity (Wildman–Crippen MR) is 66.8 cm³/mol. The minimum atomic E-state index is -0.951. The molecule has 0 aliphatic carbocycles. The Morgan fingerprint density at radius 3 is 2.88 bits per heavy atom. The fourth-order valence-electron chi connectivity index (χ4n) is 1.36. The van der Waals surface area contributed by atoms with Crippen LogP contribution >= 0.6 is 23.1 Å². The first kappa shape index (κ1) is 12.2. The van der Waals surface area contributed by atoms with Gasteiger partial charge in [-0.25, -0.2) is 9.78 Å². The second-order valence-electron chi connectivity index (χ2n) is 3.53. The van der Waals surface area contributed by atoms with Crippen LogP contribution in [0.25, 0.3) is 0 Å². The van der Waals surface area contributed by atoms with Gasteiger partial charge >= 0.3 is 5.97 Å². The third kappa shape index (κ3) is 2.89. The fourth-order valence-corrected chi connectivity index (χ4v) is 3.09. The van der Waals surface area contributed by atoms with Crippen molar-refractivity contribution in [3.05, 3.63) is 34.2 Å². The normalized spacial score (nSPS) is 10.7.